The first-order chi connectivity index (χ1) is 14.3. The molecule has 4 rings (SSSR count). The average molecular weight is 441 g/mol. The Morgan fingerprint density at radius 2 is 1.73 bits per heavy atom. The minimum atomic E-state index is -3.91. The number of nitrogens with two attached hydrogens (primary N) is 1. The van der Waals surface area contributed by atoms with E-state index in [0.29, 0.717) is 16.1 Å². The summed E-state index contributed by atoms with van der Waals surface area (Å²) in [6.45, 7) is 0. The third kappa shape index (κ3) is 3.41. The van der Waals surface area contributed by atoms with Crippen molar-refractivity contribution in [1.82, 2.24) is 4.98 Å². The standard InChI is InChI=1S/C20H15N3O5S2/c21-30(27,28)14-5-3-13(4-6-14)23-17(15-2-1-11-29-15)16(19(25)20(23)26)18(24)12-7-9-22-10-8-12/h1-11,17,24H,(H2,21,27,28)/b18-16-. The number of rotatable bonds is 4. The average Bonchev–Trinajstić information content (AvgIpc) is 3.35. The number of carbonyl (C=O) groups excluding carboxylic acids is 2. The number of thiophene rings is 1. The van der Waals surface area contributed by atoms with Gasteiger partial charge in [0, 0.05) is 28.5 Å². The fourth-order valence-corrected chi connectivity index (χ4v) is 4.62. The number of primary sulfonamides is 1. The molecule has 0 radical (unpaired) electrons. The van der Waals surface area contributed by atoms with E-state index in [1.807, 2.05) is 0 Å². The Bertz CT molecular complexity index is 1250. The van der Waals surface area contributed by atoms with Crippen molar-refractivity contribution in [3.63, 3.8) is 0 Å². The van der Waals surface area contributed by atoms with E-state index in [1.54, 1.807) is 17.5 Å². The molecular formula is C20H15N3O5S2. The van der Waals surface area contributed by atoms with Gasteiger partial charge < -0.3 is 5.11 Å². The zero-order valence-corrected chi connectivity index (χ0v) is 16.9. The number of aromatic nitrogens is 1. The smallest absolute Gasteiger partial charge is 0.300 e. The van der Waals surface area contributed by atoms with Crippen molar-refractivity contribution in [2.75, 3.05) is 4.90 Å². The van der Waals surface area contributed by atoms with Crippen LogP contribution in [-0.2, 0) is 19.6 Å². The van der Waals surface area contributed by atoms with Gasteiger partial charge in [0.2, 0.25) is 10.0 Å². The molecule has 10 heteroatoms. The molecule has 0 saturated carbocycles. The number of ketones is 1. The van der Waals surface area contributed by atoms with Gasteiger partial charge in [-0.3, -0.25) is 19.5 Å². The van der Waals surface area contributed by atoms with Crippen LogP contribution in [0.5, 0.6) is 0 Å². The highest BCUT2D eigenvalue weighted by atomic mass is 32.2. The van der Waals surface area contributed by atoms with Gasteiger partial charge in [0.15, 0.2) is 0 Å². The quantitative estimate of drug-likeness (QED) is 0.363. The van der Waals surface area contributed by atoms with Crippen LogP contribution in [0.1, 0.15) is 16.5 Å². The van der Waals surface area contributed by atoms with Crippen LogP contribution in [0, 0.1) is 0 Å². The number of nitrogens with zero attached hydrogens (tertiary/aromatic N) is 2. The van der Waals surface area contributed by atoms with Crippen molar-refractivity contribution in [2.24, 2.45) is 5.14 Å². The summed E-state index contributed by atoms with van der Waals surface area (Å²) < 4.78 is 23.1. The number of hydrogen-bond donors (Lipinski definition) is 2. The Morgan fingerprint density at radius 1 is 1.07 bits per heavy atom. The van der Waals surface area contributed by atoms with Crippen LogP contribution >= 0.6 is 11.3 Å². The predicted octanol–water partition coefficient (Wildman–Crippen LogP) is 2.42. The molecule has 1 unspecified atom stereocenters. The Labute approximate surface area is 176 Å². The van der Waals surface area contributed by atoms with Gasteiger partial charge in [-0.15, -0.1) is 11.3 Å². The monoisotopic (exact) mass is 441 g/mol. The van der Waals surface area contributed by atoms with E-state index in [0.717, 1.165) is 0 Å². The van der Waals surface area contributed by atoms with E-state index in [-0.39, 0.29) is 16.2 Å². The maximum Gasteiger partial charge on any atom is 0.300 e. The summed E-state index contributed by atoms with van der Waals surface area (Å²) in [5.41, 5.74) is 0.606. The number of pyridine rings is 1. The van der Waals surface area contributed by atoms with Crippen LogP contribution < -0.4 is 10.0 Å². The third-order valence-electron chi connectivity index (χ3n) is 4.65. The molecule has 2 aromatic heterocycles. The molecule has 152 valence electrons. The maximum atomic E-state index is 12.9. The van der Waals surface area contributed by atoms with E-state index < -0.39 is 27.8 Å². The van der Waals surface area contributed by atoms with Crippen LogP contribution in [0.2, 0.25) is 0 Å². The van der Waals surface area contributed by atoms with E-state index >= 15 is 0 Å². The first-order valence-electron chi connectivity index (χ1n) is 8.66. The fraction of sp³-hybridized carbons (Fsp3) is 0.0500. The number of Topliss-reactive ketones (excluding diaryl/α,β-unsaturated/α-hetero) is 1. The molecule has 1 saturated heterocycles. The van der Waals surface area contributed by atoms with E-state index in [4.69, 9.17) is 5.14 Å². The lowest BCUT2D eigenvalue weighted by Gasteiger charge is -2.24. The summed E-state index contributed by atoms with van der Waals surface area (Å²) in [5, 5.41) is 17.8. The number of amides is 1. The number of aliphatic hydroxyl groups excluding tert-OH is 1. The lowest BCUT2D eigenvalue weighted by molar-refractivity contribution is -0.132. The molecule has 3 heterocycles. The van der Waals surface area contributed by atoms with Gasteiger partial charge in [0.1, 0.15) is 11.8 Å². The minimum Gasteiger partial charge on any atom is -0.507 e. The van der Waals surface area contributed by atoms with Gasteiger partial charge in [0.25, 0.3) is 11.7 Å². The highest BCUT2D eigenvalue weighted by molar-refractivity contribution is 7.89. The second-order valence-electron chi connectivity index (χ2n) is 6.46. The number of sulfonamides is 1. The van der Waals surface area contributed by atoms with E-state index in [2.05, 4.69) is 4.98 Å². The summed E-state index contributed by atoms with van der Waals surface area (Å²) >= 11 is 1.33. The van der Waals surface area contributed by atoms with Crippen LogP contribution in [0.4, 0.5) is 5.69 Å². The lowest BCUT2D eigenvalue weighted by atomic mass is 10.0. The summed E-state index contributed by atoms with van der Waals surface area (Å²) in [5.74, 6) is -1.97. The van der Waals surface area contributed by atoms with E-state index in [9.17, 15) is 23.1 Å². The normalized spacial score (nSPS) is 18.7. The van der Waals surface area contributed by atoms with Gasteiger partial charge in [0.05, 0.1) is 10.5 Å². The SMILES string of the molecule is NS(=O)(=O)c1ccc(N2C(=O)C(=O)/C(=C(\O)c3ccncc3)C2c2cccs2)cc1. The minimum absolute atomic E-state index is 0.0517. The van der Waals surface area contributed by atoms with Gasteiger partial charge in [-0.1, -0.05) is 6.07 Å². The maximum absolute atomic E-state index is 12.9. The van der Waals surface area contributed by atoms with Crippen LogP contribution in [0.15, 0.2) is 76.8 Å². The Morgan fingerprint density at radius 3 is 2.30 bits per heavy atom. The Balaban J connectivity index is 1.89. The number of anilines is 1. The summed E-state index contributed by atoms with van der Waals surface area (Å²) in [6, 6.07) is 11.1. The largest absolute Gasteiger partial charge is 0.507 e. The van der Waals surface area contributed by atoms with Gasteiger partial charge in [-0.05, 0) is 47.8 Å². The molecule has 30 heavy (non-hydrogen) atoms. The van der Waals surface area contributed by atoms with Crippen molar-refractivity contribution < 1.29 is 23.1 Å². The first-order valence-corrected chi connectivity index (χ1v) is 11.1. The highest BCUT2D eigenvalue weighted by Gasteiger charge is 2.47. The number of benzene rings is 1. The molecule has 0 spiro atoms. The third-order valence-corrected chi connectivity index (χ3v) is 6.51. The molecule has 8 nitrogen and oxygen atoms in total. The zero-order chi connectivity index (χ0) is 21.5. The van der Waals surface area contributed by atoms with Gasteiger partial charge >= 0.3 is 0 Å². The number of aliphatic hydroxyl groups is 1. The molecule has 1 aromatic carbocycles. The van der Waals surface area contributed by atoms with Crippen molar-refractivity contribution >= 4 is 44.5 Å². The van der Waals surface area contributed by atoms with Gasteiger partial charge in [-0.2, -0.15) is 0 Å². The van der Waals surface area contributed by atoms with Crippen molar-refractivity contribution in [1.29, 1.82) is 0 Å². The first kappa shape index (κ1) is 20.0. The number of hydrogen-bond acceptors (Lipinski definition) is 7. The van der Waals surface area contributed by atoms with Crippen LogP contribution in [0.25, 0.3) is 5.76 Å². The molecule has 1 fully saturated rings. The molecule has 1 amide bonds. The summed E-state index contributed by atoms with van der Waals surface area (Å²) in [4.78, 5) is 31.5. The fourth-order valence-electron chi connectivity index (χ4n) is 3.28. The zero-order valence-electron chi connectivity index (χ0n) is 15.3. The predicted molar refractivity (Wildman–Crippen MR) is 111 cm³/mol. The summed E-state index contributed by atoms with van der Waals surface area (Å²) in [6.07, 6.45) is 2.94. The molecule has 1 atom stereocenters. The van der Waals surface area contributed by atoms with Crippen LogP contribution in [-0.4, -0.2) is 30.2 Å². The molecular weight excluding hydrogens is 426 g/mol. The highest BCUT2D eigenvalue weighted by Crippen LogP contribution is 2.43. The molecule has 3 aromatic rings. The van der Waals surface area contributed by atoms with Crippen molar-refractivity contribution in [2.45, 2.75) is 10.9 Å². The van der Waals surface area contributed by atoms with Crippen molar-refractivity contribution in [3.05, 3.63) is 82.3 Å². The van der Waals surface area contributed by atoms with E-state index in [1.165, 1.54) is 65.0 Å². The lowest BCUT2D eigenvalue weighted by Crippen LogP contribution is -2.29. The molecule has 3 N–H and O–H groups in total. The molecule has 0 aliphatic carbocycles. The Kier molecular flexibility index (Phi) is 4.98. The molecule has 1 aliphatic rings. The van der Waals surface area contributed by atoms with Crippen LogP contribution in [0.3, 0.4) is 0 Å². The number of carbonyl (C=O) groups is 2. The van der Waals surface area contributed by atoms with Gasteiger partial charge in [-0.25, -0.2) is 13.6 Å². The van der Waals surface area contributed by atoms with Crippen molar-refractivity contribution in [3.8, 4) is 0 Å². The molecule has 1 aliphatic heterocycles. The second kappa shape index (κ2) is 7.48. The summed E-state index contributed by atoms with van der Waals surface area (Å²) in [7, 11) is -3.91. The Hall–Kier alpha value is -3.34. The topological polar surface area (TPSA) is 131 Å². The molecule has 0 bridgehead atoms. The second-order valence-corrected chi connectivity index (χ2v) is 9.00.